The molecule has 2 atom stereocenters. The molecule has 0 aromatic carbocycles. The molecule has 2 unspecified atom stereocenters. The molecule has 0 aliphatic carbocycles. The zero-order valence-corrected chi connectivity index (χ0v) is 40.5. The number of likely N-dealkylation sites (N-methyl/N-ethyl adjacent to an activating group) is 1. The molecule has 0 N–H and O–H groups in total. The summed E-state index contributed by atoms with van der Waals surface area (Å²) in [5.74, 6) is -1.78. The molecule has 0 saturated heterocycles. The molecule has 0 rings (SSSR count). The molecule has 8 heteroatoms. The molecule has 0 aromatic heterocycles. The van der Waals surface area contributed by atoms with E-state index in [-0.39, 0.29) is 42.7 Å². The van der Waals surface area contributed by atoms with Crippen LogP contribution in [-0.4, -0.2) is 75.5 Å². The van der Waals surface area contributed by atoms with Crippen molar-refractivity contribution in [2.24, 2.45) is 0 Å². The first kappa shape index (κ1) is 58.8. The van der Waals surface area contributed by atoms with Crippen LogP contribution in [0.3, 0.4) is 0 Å². The second-order valence-corrected chi connectivity index (χ2v) is 17.7. The van der Waals surface area contributed by atoms with Crippen molar-refractivity contribution in [3.05, 3.63) is 72.9 Å². The lowest BCUT2D eigenvalue weighted by Gasteiger charge is -2.34. The average Bonchev–Trinajstić information content (AvgIpc) is 3.23. The molecule has 0 fully saturated rings. The molecule has 0 heterocycles. The molecular formula is C54H93NO7. The number of quaternary nitrogens is 1. The molecule has 356 valence electrons. The largest absolute Gasteiger partial charge is 0.544 e. The van der Waals surface area contributed by atoms with Gasteiger partial charge in [-0.25, -0.2) is 0 Å². The Morgan fingerprint density at radius 1 is 0.500 bits per heavy atom. The number of aliphatic carboxylic acids is 1. The van der Waals surface area contributed by atoms with E-state index in [2.05, 4.69) is 86.8 Å². The van der Waals surface area contributed by atoms with Gasteiger partial charge < -0.3 is 28.6 Å². The fourth-order valence-corrected chi connectivity index (χ4v) is 6.97. The summed E-state index contributed by atoms with van der Waals surface area (Å²) in [5.41, 5.74) is 0. The van der Waals surface area contributed by atoms with Crippen molar-refractivity contribution in [2.75, 3.05) is 41.0 Å². The van der Waals surface area contributed by atoms with Crippen molar-refractivity contribution in [1.82, 2.24) is 0 Å². The summed E-state index contributed by atoms with van der Waals surface area (Å²) in [6.07, 6.45) is 56.4. The van der Waals surface area contributed by atoms with Gasteiger partial charge in [0.2, 0.25) is 0 Å². The minimum absolute atomic E-state index is 0.0262. The summed E-state index contributed by atoms with van der Waals surface area (Å²) in [4.78, 5) is 37.0. The average molecular weight is 868 g/mol. The van der Waals surface area contributed by atoms with Gasteiger partial charge in [-0.2, -0.15) is 0 Å². The van der Waals surface area contributed by atoms with Gasteiger partial charge in [-0.15, -0.1) is 0 Å². The van der Waals surface area contributed by atoms with Crippen LogP contribution in [-0.2, 0) is 28.6 Å². The Morgan fingerprint density at radius 2 is 0.903 bits per heavy atom. The van der Waals surface area contributed by atoms with E-state index in [9.17, 15) is 19.5 Å². The smallest absolute Gasteiger partial charge is 0.306 e. The van der Waals surface area contributed by atoms with Gasteiger partial charge in [-0.1, -0.05) is 170 Å². The van der Waals surface area contributed by atoms with Crippen molar-refractivity contribution in [2.45, 2.75) is 212 Å². The van der Waals surface area contributed by atoms with E-state index in [1.54, 1.807) is 21.1 Å². The van der Waals surface area contributed by atoms with E-state index >= 15 is 0 Å². The molecule has 62 heavy (non-hydrogen) atoms. The number of rotatable bonds is 44. The van der Waals surface area contributed by atoms with Crippen LogP contribution in [0.15, 0.2) is 72.9 Å². The maximum Gasteiger partial charge on any atom is 0.306 e. The van der Waals surface area contributed by atoms with Crippen molar-refractivity contribution >= 4 is 17.9 Å². The molecule has 0 saturated carbocycles. The van der Waals surface area contributed by atoms with Gasteiger partial charge >= 0.3 is 11.9 Å². The van der Waals surface area contributed by atoms with Gasteiger partial charge in [0, 0.05) is 19.3 Å². The van der Waals surface area contributed by atoms with Gasteiger partial charge in [0.15, 0.2) is 6.10 Å². The highest BCUT2D eigenvalue weighted by Gasteiger charge is 2.25. The van der Waals surface area contributed by atoms with E-state index in [0.717, 1.165) is 96.3 Å². The molecular weight excluding hydrogens is 775 g/mol. The Bertz CT molecular complexity index is 1240. The second-order valence-electron chi connectivity index (χ2n) is 17.7. The van der Waals surface area contributed by atoms with Crippen LogP contribution in [0.2, 0.25) is 0 Å². The van der Waals surface area contributed by atoms with Crippen molar-refractivity contribution in [3.63, 3.8) is 0 Å². The highest BCUT2D eigenvalue weighted by atomic mass is 16.6. The Morgan fingerprint density at radius 3 is 1.35 bits per heavy atom. The predicted molar refractivity (Wildman–Crippen MR) is 259 cm³/mol. The van der Waals surface area contributed by atoms with Crippen LogP contribution in [0.4, 0.5) is 0 Å². The van der Waals surface area contributed by atoms with E-state index in [0.29, 0.717) is 12.8 Å². The zero-order chi connectivity index (χ0) is 45.6. The Kier molecular flexibility index (Phi) is 42.1. The topological polar surface area (TPSA) is 102 Å². The van der Waals surface area contributed by atoms with Crippen molar-refractivity contribution in [1.29, 1.82) is 0 Å². The first-order valence-corrected chi connectivity index (χ1v) is 25.0. The van der Waals surface area contributed by atoms with Crippen LogP contribution < -0.4 is 5.11 Å². The number of hydrogen-bond donors (Lipinski definition) is 0. The van der Waals surface area contributed by atoms with Crippen molar-refractivity contribution < 1.29 is 38.2 Å². The number of hydrogen-bond acceptors (Lipinski definition) is 7. The third-order valence-electron chi connectivity index (χ3n) is 10.8. The van der Waals surface area contributed by atoms with E-state index < -0.39 is 18.1 Å². The summed E-state index contributed by atoms with van der Waals surface area (Å²) in [6.45, 7) is 4.52. The van der Waals surface area contributed by atoms with Gasteiger partial charge in [-0.3, -0.25) is 9.59 Å². The Labute approximate surface area is 381 Å². The fraction of sp³-hybridized carbons (Fsp3) is 0.722. The van der Waals surface area contributed by atoms with Gasteiger partial charge in [0.1, 0.15) is 12.6 Å². The SMILES string of the molecule is CC/C=C/C/C=C/C/C=C/C/C=C/C/C=C/CCCCCCC(=O)OCC(COCCC(C(=O)[O-])[N+](C)(C)C)OC(=O)CCCCCCC/C=C/CCCCCCCCCCC. The molecule has 0 spiro atoms. The molecule has 0 bridgehead atoms. The lowest BCUT2D eigenvalue weighted by atomic mass is 10.1. The van der Waals surface area contributed by atoms with Crippen LogP contribution in [0, 0.1) is 0 Å². The van der Waals surface area contributed by atoms with E-state index in [1.165, 1.54) is 70.6 Å². The van der Waals surface area contributed by atoms with E-state index in [1.807, 2.05) is 0 Å². The number of allylic oxidation sites excluding steroid dienone is 12. The highest BCUT2D eigenvalue weighted by molar-refractivity contribution is 5.70. The quantitative estimate of drug-likeness (QED) is 0.0260. The summed E-state index contributed by atoms with van der Waals surface area (Å²) < 4.78 is 17.2. The molecule has 0 aliphatic rings. The number of unbranched alkanes of at least 4 members (excludes halogenated alkanes) is 18. The minimum atomic E-state index is -1.13. The standard InChI is InChI=1S/C54H93NO7/c1-6-8-10-12-14-16-18-20-22-24-26-27-29-30-32-34-36-38-40-42-44-52(56)61-49-50(48-60-47-46-51(54(58)59)55(3,4)5)62-53(57)45-43-41-39-37-35-33-31-28-25-23-21-19-17-15-13-11-9-7-2/h8,10,14,16,20,22,26-28,30-32,50-51H,6-7,9,11-13,15,17-19,21,23-25,29,33-49H2,1-5H3/b10-8+,16-14+,22-20+,27-26+,31-28+,32-30+. The zero-order valence-electron chi connectivity index (χ0n) is 40.5. The maximum atomic E-state index is 12.8. The van der Waals surface area contributed by atoms with Gasteiger partial charge in [0.05, 0.1) is 40.3 Å². The molecule has 8 nitrogen and oxygen atoms in total. The Hall–Kier alpha value is -3.23. The number of carboxylic acids is 1. The monoisotopic (exact) mass is 868 g/mol. The fourth-order valence-electron chi connectivity index (χ4n) is 6.97. The summed E-state index contributed by atoms with van der Waals surface area (Å²) in [7, 11) is 5.40. The summed E-state index contributed by atoms with van der Waals surface area (Å²) in [5, 5.41) is 11.7. The Balaban J connectivity index is 4.34. The minimum Gasteiger partial charge on any atom is -0.544 e. The second kappa shape index (κ2) is 44.4. The predicted octanol–water partition coefficient (Wildman–Crippen LogP) is 13.0. The number of esters is 2. The number of carbonyl (C=O) groups excluding carboxylic acids is 3. The first-order chi connectivity index (χ1) is 30.1. The van der Waals surface area contributed by atoms with Crippen LogP contribution in [0.1, 0.15) is 200 Å². The summed E-state index contributed by atoms with van der Waals surface area (Å²) in [6, 6.07) is -0.735. The van der Waals surface area contributed by atoms with Gasteiger partial charge in [-0.05, 0) is 83.5 Å². The molecule has 0 radical (unpaired) electrons. The number of ether oxygens (including phenoxy) is 3. The molecule has 0 aliphatic heterocycles. The third kappa shape index (κ3) is 42.1. The van der Waals surface area contributed by atoms with Crippen LogP contribution in [0.25, 0.3) is 0 Å². The highest BCUT2D eigenvalue weighted by Crippen LogP contribution is 2.14. The first-order valence-electron chi connectivity index (χ1n) is 25.0. The normalized spacial score (nSPS) is 13.5. The lowest BCUT2D eigenvalue weighted by molar-refractivity contribution is -0.889. The van der Waals surface area contributed by atoms with Gasteiger partial charge in [0.25, 0.3) is 0 Å². The van der Waals surface area contributed by atoms with Crippen molar-refractivity contribution in [3.8, 4) is 0 Å². The summed E-state index contributed by atoms with van der Waals surface area (Å²) >= 11 is 0. The number of nitrogens with zero attached hydrogens (tertiary/aromatic N) is 1. The van der Waals surface area contributed by atoms with Crippen LogP contribution in [0.5, 0.6) is 0 Å². The molecule has 0 aromatic rings. The lowest BCUT2D eigenvalue weighted by Crippen LogP contribution is -2.55. The number of carbonyl (C=O) groups is 3. The number of carboxylic acid groups (broad SMARTS) is 1. The maximum absolute atomic E-state index is 12.8. The molecule has 0 amide bonds. The third-order valence-corrected chi connectivity index (χ3v) is 10.8. The van der Waals surface area contributed by atoms with Crippen LogP contribution >= 0.6 is 0 Å². The van der Waals surface area contributed by atoms with E-state index in [4.69, 9.17) is 14.2 Å².